The first-order chi connectivity index (χ1) is 12.7. The molecule has 0 radical (unpaired) electrons. The van der Waals surface area contributed by atoms with Gasteiger partial charge in [-0.05, 0) is 49.4 Å². The van der Waals surface area contributed by atoms with Crippen LogP contribution in [0.4, 0.5) is 5.69 Å². The molecule has 5 heteroatoms. The lowest BCUT2D eigenvalue weighted by Crippen LogP contribution is -2.12. The van der Waals surface area contributed by atoms with Crippen molar-refractivity contribution in [2.45, 2.75) is 25.7 Å². The molecule has 0 atom stereocenters. The van der Waals surface area contributed by atoms with Crippen molar-refractivity contribution in [3.8, 4) is 11.5 Å². The maximum absolute atomic E-state index is 12.7. The number of rotatable bonds is 4. The Labute approximate surface area is 152 Å². The standard InChI is InChI=1S/C21H22N2O3/c1-25-15-10-14(11-16(12-15)26-2)22-21(24)13-7-8-20-18(9-13)17-5-3-4-6-19(17)23-20/h7-12,23H,3-6H2,1-2H3,(H,22,24). The van der Waals surface area contributed by atoms with Crippen molar-refractivity contribution in [1.29, 1.82) is 0 Å². The van der Waals surface area contributed by atoms with E-state index in [9.17, 15) is 4.79 Å². The van der Waals surface area contributed by atoms with Crippen LogP contribution in [-0.4, -0.2) is 25.1 Å². The van der Waals surface area contributed by atoms with Gasteiger partial charge in [0.2, 0.25) is 0 Å². The molecule has 0 unspecified atom stereocenters. The van der Waals surface area contributed by atoms with Gasteiger partial charge in [0, 0.05) is 46.0 Å². The zero-order valence-corrected chi connectivity index (χ0v) is 15.0. The molecule has 5 nitrogen and oxygen atoms in total. The topological polar surface area (TPSA) is 63.3 Å². The maximum atomic E-state index is 12.7. The van der Waals surface area contributed by atoms with E-state index in [0.717, 1.165) is 23.7 Å². The van der Waals surface area contributed by atoms with E-state index < -0.39 is 0 Å². The quantitative estimate of drug-likeness (QED) is 0.737. The lowest BCUT2D eigenvalue weighted by atomic mass is 9.95. The first-order valence-electron chi connectivity index (χ1n) is 8.86. The third-order valence-electron chi connectivity index (χ3n) is 4.97. The number of nitrogens with one attached hydrogen (secondary N) is 2. The molecular weight excluding hydrogens is 328 g/mol. The fraction of sp³-hybridized carbons (Fsp3) is 0.286. The molecule has 1 heterocycles. The zero-order chi connectivity index (χ0) is 18.1. The number of aryl methyl sites for hydroxylation is 2. The highest BCUT2D eigenvalue weighted by molar-refractivity contribution is 6.06. The number of ether oxygens (including phenoxy) is 2. The lowest BCUT2D eigenvalue weighted by molar-refractivity contribution is 0.102. The van der Waals surface area contributed by atoms with Crippen LogP contribution in [0.1, 0.15) is 34.5 Å². The Hall–Kier alpha value is -2.95. The summed E-state index contributed by atoms with van der Waals surface area (Å²) in [7, 11) is 3.17. The molecule has 0 saturated carbocycles. The van der Waals surface area contributed by atoms with Gasteiger partial charge in [-0.2, -0.15) is 0 Å². The SMILES string of the molecule is COc1cc(NC(=O)c2ccc3[nH]c4c(c3c2)CCCC4)cc(OC)c1. The highest BCUT2D eigenvalue weighted by Crippen LogP contribution is 2.30. The minimum absolute atomic E-state index is 0.145. The Bertz CT molecular complexity index is 953. The monoisotopic (exact) mass is 350 g/mol. The third kappa shape index (κ3) is 3.01. The lowest BCUT2D eigenvalue weighted by Gasteiger charge is -2.11. The molecule has 2 aromatic carbocycles. The summed E-state index contributed by atoms with van der Waals surface area (Å²) in [4.78, 5) is 16.2. The average Bonchev–Trinajstić information content (AvgIpc) is 3.05. The number of benzene rings is 2. The molecule has 1 aromatic heterocycles. The smallest absolute Gasteiger partial charge is 0.255 e. The predicted octanol–water partition coefficient (Wildman–Crippen LogP) is 4.32. The molecule has 1 aliphatic rings. The summed E-state index contributed by atoms with van der Waals surface area (Å²) >= 11 is 0. The van der Waals surface area contributed by atoms with Gasteiger partial charge in [0.05, 0.1) is 14.2 Å². The van der Waals surface area contributed by atoms with Gasteiger partial charge in [-0.15, -0.1) is 0 Å². The Kier molecular flexibility index (Phi) is 4.29. The molecule has 0 fully saturated rings. The number of hydrogen-bond donors (Lipinski definition) is 2. The van der Waals surface area contributed by atoms with Crippen LogP contribution in [0, 0.1) is 0 Å². The van der Waals surface area contributed by atoms with Crippen molar-refractivity contribution in [2.24, 2.45) is 0 Å². The van der Waals surface area contributed by atoms with Crippen LogP contribution in [0.15, 0.2) is 36.4 Å². The molecule has 1 aliphatic carbocycles. The Morgan fingerprint density at radius 1 is 1.00 bits per heavy atom. The first-order valence-corrected chi connectivity index (χ1v) is 8.86. The van der Waals surface area contributed by atoms with E-state index >= 15 is 0 Å². The van der Waals surface area contributed by atoms with Gasteiger partial charge in [-0.1, -0.05) is 0 Å². The summed E-state index contributed by atoms with van der Waals surface area (Å²) in [6.07, 6.45) is 4.60. The van der Waals surface area contributed by atoms with E-state index in [1.54, 1.807) is 32.4 Å². The van der Waals surface area contributed by atoms with E-state index in [4.69, 9.17) is 9.47 Å². The van der Waals surface area contributed by atoms with Crippen LogP contribution in [0.3, 0.4) is 0 Å². The van der Waals surface area contributed by atoms with E-state index in [2.05, 4.69) is 10.3 Å². The van der Waals surface area contributed by atoms with Crippen molar-refractivity contribution in [3.63, 3.8) is 0 Å². The fourth-order valence-corrected chi connectivity index (χ4v) is 3.63. The predicted molar refractivity (Wildman–Crippen MR) is 102 cm³/mol. The van der Waals surface area contributed by atoms with E-state index in [1.807, 2.05) is 18.2 Å². The van der Waals surface area contributed by atoms with Gasteiger partial charge in [0.25, 0.3) is 5.91 Å². The van der Waals surface area contributed by atoms with Crippen molar-refractivity contribution < 1.29 is 14.3 Å². The molecule has 0 bridgehead atoms. The van der Waals surface area contributed by atoms with Gasteiger partial charge in [0.15, 0.2) is 0 Å². The molecule has 134 valence electrons. The number of hydrogen-bond acceptors (Lipinski definition) is 3. The average molecular weight is 350 g/mol. The first kappa shape index (κ1) is 16.5. The molecular formula is C21H22N2O3. The Morgan fingerprint density at radius 3 is 2.46 bits per heavy atom. The highest BCUT2D eigenvalue weighted by Gasteiger charge is 2.17. The van der Waals surface area contributed by atoms with Crippen LogP contribution >= 0.6 is 0 Å². The Morgan fingerprint density at radius 2 is 1.73 bits per heavy atom. The van der Waals surface area contributed by atoms with E-state index in [1.165, 1.54) is 24.1 Å². The van der Waals surface area contributed by atoms with Crippen LogP contribution in [0.25, 0.3) is 10.9 Å². The van der Waals surface area contributed by atoms with E-state index in [0.29, 0.717) is 22.7 Å². The third-order valence-corrected chi connectivity index (χ3v) is 4.97. The summed E-state index contributed by atoms with van der Waals surface area (Å²) < 4.78 is 10.5. The van der Waals surface area contributed by atoms with Gasteiger partial charge >= 0.3 is 0 Å². The number of carbonyl (C=O) groups is 1. The van der Waals surface area contributed by atoms with Gasteiger partial charge in [0.1, 0.15) is 11.5 Å². The molecule has 4 rings (SSSR count). The number of aromatic amines is 1. The normalized spacial score (nSPS) is 13.3. The van der Waals surface area contributed by atoms with Gasteiger partial charge in [-0.25, -0.2) is 0 Å². The number of H-pyrrole nitrogens is 1. The van der Waals surface area contributed by atoms with Crippen molar-refractivity contribution in [3.05, 3.63) is 53.2 Å². The van der Waals surface area contributed by atoms with Gasteiger partial charge in [-0.3, -0.25) is 4.79 Å². The summed E-state index contributed by atoms with van der Waals surface area (Å²) in [6.45, 7) is 0. The number of aromatic nitrogens is 1. The number of anilines is 1. The van der Waals surface area contributed by atoms with E-state index in [-0.39, 0.29) is 5.91 Å². The Balaban J connectivity index is 1.64. The number of amides is 1. The molecule has 1 amide bonds. The summed E-state index contributed by atoms with van der Waals surface area (Å²) in [5.74, 6) is 1.12. The summed E-state index contributed by atoms with van der Waals surface area (Å²) in [5.41, 5.74) is 5.08. The number of carbonyl (C=O) groups excluding carboxylic acids is 1. The molecule has 0 aliphatic heterocycles. The minimum atomic E-state index is -0.145. The highest BCUT2D eigenvalue weighted by atomic mass is 16.5. The zero-order valence-electron chi connectivity index (χ0n) is 15.0. The van der Waals surface area contributed by atoms with Crippen LogP contribution in [0.5, 0.6) is 11.5 Å². The molecule has 0 saturated heterocycles. The van der Waals surface area contributed by atoms with Crippen LogP contribution in [-0.2, 0) is 12.8 Å². The maximum Gasteiger partial charge on any atom is 0.255 e. The molecule has 3 aromatic rings. The number of methoxy groups -OCH3 is 2. The number of fused-ring (bicyclic) bond motifs is 3. The largest absolute Gasteiger partial charge is 0.497 e. The molecule has 2 N–H and O–H groups in total. The second-order valence-electron chi connectivity index (χ2n) is 6.61. The fourth-order valence-electron chi connectivity index (χ4n) is 3.63. The van der Waals surface area contributed by atoms with Gasteiger partial charge < -0.3 is 19.8 Å². The summed E-state index contributed by atoms with van der Waals surface area (Å²) in [5, 5.41) is 4.10. The van der Waals surface area contributed by atoms with Crippen molar-refractivity contribution in [1.82, 2.24) is 4.98 Å². The minimum Gasteiger partial charge on any atom is -0.497 e. The second kappa shape index (κ2) is 6.75. The van der Waals surface area contributed by atoms with Crippen molar-refractivity contribution >= 4 is 22.5 Å². The van der Waals surface area contributed by atoms with Crippen LogP contribution < -0.4 is 14.8 Å². The van der Waals surface area contributed by atoms with Crippen LogP contribution in [0.2, 0.25) is 0 Å². The molecule has 26 heavy (non-hydrogen) atoms. The molecule has 0 spiro atoms. The van der Waals surface area contributed by atoms with Crippen molar-refractivity contribution in [2.75, 3.05) is 19.5 Å². The second-order valence-corrected chi connectivity index (χ2v) is 6.61. The summed E-state index contributed by atoms with van der Waals surface area (Å²) in [6, 6.07) is 11.2.